The van der Waals surface area contributed by atoms with Crippen molar-refractivity contribution in [2.24, 2.45) is 11.8 Å². The maximum absolute atomic E-state index is 4.90. The first-order valence-corrected chi connectivity index (χ1v) is 28.8. The summed E-state index contributed by atoms with van der Waals surface area (Å²) in [7, 11) is 2.45. The van der Waals surface area contributed by atoms with E-state index in [2.05, 4.69) is 182 Å². The summed E-state index contributed by atoms with van der Waals surface area (Å²) in [4.78, 5) is 9.81. The monoisotopic (exact) mass is 1190 g/mol. The van der Waals surface area contributed by atoms with Gasteiger partial charge in [-0.2, -0.15) is 88.1 Å². The molecule has 3 aliphatic rings. The standard InChI is InChI=1S/C42H56.C26H20N2.CH5BP.CH4.Pt/c1-10-32-26-19-27-21-29(35(13-4)33(27)11-2)23-31-25-42(39(17-8)37(31)15-6)40(18-9)41-24-30(36(14-5)38(41)16-7)22-28(20-26)34(32)12-3;1-17-15-23(19-9-5-3-6-10-19)21-13-14-22-24(20-11-7-4-8-12-20)16-18(2)28-26(22)25(21)27-17;1-2-3;;/h20,25,29-30,40H,10-19,22-23H2,1-9H3;3-16H,1-2H3;3H2,1H3;1H4;/q-4;;;;+4. The van der Waals surface area contributed by atoms with Crippen molar-refractivity contribution in [2.75, 3.05) is 0 Å². The minimum atomic E-state index is 0. The van der Waals surface area contributed by atoms with Crippen LogP contribution in [-0.4, -0.2) is 17.0 Å². The molecule has 4 atom stereocenters. The molecule has 8 bridgehead atoms. The molecule has 0 aliphatic heterocycles. The molecule has 0 saturated carbocycles. The smallest absolute Gasteiger partial charge is 0.265 e. The minimum absolute atomic E-state index is 0. The van der Waals surface area contributed by atoms with Gasteiger partial charge in [0.15, 0.2) is 0 Å². The van der Waals surface area contributed by atoms with Gasteiger partial charge >= 0.3 is 21.1 Å². The van der Waals surface area contributed by atoms with E-state index in [9.17, 15) is 0 Å². The molecule has 5 aromatic carbocycles. The molecular weight excluding hydrogens is 1110 g/mol. The third-order valence-corrected chi connectivity index (χ3v) is 16.3. The van der Waals surface area contributed by atoms with Crippen LogP contribution in [0.2, 0.25) is 6.82 Å². The summed E-state index contributed by atoms with van der Waals surface area (Å²) >= 11 is 0. The van der Waals surface area contributed by atoms with Crippen LogP contribution in [0.15, 0.2) is 131 Å². The molecule has 7 aromatic rings. The van der Waals surface area contributed by atoms with E-state index in [-0.39, 0.29) is 28.5 Å². The fourth-order valence-electron chi connectivity index (χ4n) is 13.4. The molecule has 0 fully saturated rings. The van der Waals surface area contributed by atoms with Crippen LogP contribution >= 0.6 is 9.12 Å². The molecule has 5 heteroatoms. The molecule has 0 N–H and O–H groups in total. The Morgan fingerprint density at radius 1 is 0.560 bits per heavy atom. The molecule has 2 nitrogen and oxygen atoms in total. The summed E-state index contributed by atoms with van der Waals surface area (Å²) in [5, 5.41) is 2.28. The van der Waals surface area contributed by atoms with Crippen LogP contribution in [0.3, 0.4) is 0 Å². The predicted octanol–water partition coefficient (Wildman–Crippen LogP) is 19.1. The van der Waals surface area contributed by atoms with Gasteiger partial charge in [-0.1, -0.05) is 238 Å². The molecule has 10 rings (SSSR count). The van der Waals surface area contributed by atoms with Crippen molar-refractivity contribution in [3.8, 4) is 22.3 Å². The molecular formula is C70H85BN2PPt. The second-order valence-corrected chi connectivity index (χ2v) is 21.1. The van der Waals surface area contributed by atoms with Crippen molar-refractivity contribution < 1.29 is 21.1 Å². The van der Waals surface area contributed by atoms with Gasteiger partial charge in [-0.3, -0.25) is 22.1 Å². The van der Waals surface area contributed by atoms with Crippen LogP contribution in [-0.2, 0) is 66.0 Å². The number of rotatable bonds is 11. The van der Waals surface area contributed by atoms with Gasteiger partial charge in [0, 0.05) is 22.2 Å². The van der Waals surface area contributed by atoms with E-state index in [1.54, 1.807) is 72.4 Å². The molecule has 3 aliphatic carbocycles. The van der Waals surface area contributed by atoms with Gasteiger partial charge in [0.25, 0.3) is 0 Å². The van der Waals surface area contributed by atoms with Gasteiger partial charge in [0.2, 0.25) is 0 Å². The molecule has 4 unspecified atom stereocenters. The maximum Gasteiger partial charge on any atom is 4.00 e. The second kappa shape index (κ2) is 27.1. The third-order valence-electron chi connectivity index (χ3n) is 16.3. The predicted molar refractivity (Wildman–Crippen MR) is 327 cm³/mol. The summed E-state index contributed by atoms with van der Waals surface area (Å²) < 4.78 is 0. The first-order valence-electron chi connectivity index (χ1n) is 28.2. The average molecular weight is 1190 g/mol. The van der Waals surface area contributed by atoms with Crippen LogP contribution in [0.4, 0.5) is 0 Å². The van der Waals surface area contributed by atoms with Gasteiger partial charge in [-0.25, -0.2) is 11.1 Å². The van der Waals surface area contributed by atoms with E-state index in [0.717, 1.165) is 110 Å². The van der Waals surface area contributed by atoms with E-state index in [1.807, 2.05) is 26.0 Å². The Morgan fingerprint density at radius 2 is 1.00 bits per heavy atom. The van der Waals surface area contributed by atoms with E-state index >= 15 is 0 Å². The average Bonchev–Trinajstić information content (AvgIpc) is 4.15. The normalized spacial score (nSPS) is 16.9. The summed E-state index contributed by atoms with van der Waals surface area (Å²) in [6.07, 6.45) is 21.8. The van der Waals surface area contributed by atoms with Gasteiger partial charge in [-0.15, -0.1) is 0 Å². The Bertz CT molecular complexity index is 3090. The van der Waals surface area contributed by atoms with Crippen molar-refractivity contribution in [2.45, 2.75) is 173 Å². The van der Waals surface area contributed by atoms with Crippen LogP contribution in [0.5, 0.6) is 0 Å². The van der Waals surface area contributed by atoms with Crippen LogP contribution in [0.1, 0.15) is 164 Å². The van der Waals surface area contributed by atoms with Crippen molar-refractivity contribution in [1.29, 1.82) is 0 Å². The number of hydrogen-bond donors (Lipinski definition) is 0. The first-order chi connectivity index (χ1) is 35.5. The number of aromatic nitrogens is 2. The van der Waals surface area contributed by atoms with Crippen molar-refractivity contribution in [3.63, 3.8) is 0 Å². The molecule has 0 spiro atoms. The third kappa shape index (κ3) is 11.9. The van der Waals surface area contributed by atoms with Crippen molar-refractivity contribution in [1.82, 2.24) is 9.97 Å². The summed E-state index contributed by atoms with van der Waals surface area (Å²) in [6, 6.07) is 35.0. The summed E-state index contributed by atoms with van der Waals surface area (Å²) in [6.45, 7) is 29.4. The van der Waals surface area contributed by atoms with Gasteiger partial charge in [-0.05, 0) is 54.2 Å². The van der Waals surface area contributed by atoms with Gasteiger partial charge < -0.3 is 0 Å². The number of aryl methyl sites for hydroxylation is 2. The second-order valence-electron chi connectivity index (χ2n) is 20.4. The Morgan fingerprint density at radius 3 is 1.45 bits per heavy atom. The SMILES string of the molecule is C.CCC1=C(CC)C2[C-]=C1Cc1[cH-]c(c(CC)c1CC)CC1[C-]=C(C(CC)=C1CC)C(CC)c1[cH-]c(c(CC)c1CC)C2.C[B]P.Cc1cc(-c2ccccc2)c2ccc3c(-c4ccccc4)cc(C)nc3c2n1.[Pt+4]. The number of nitrogens with zero attached hydrogens (tertiary/aromatic N) is 2. The Kier molecular flexibility index (Phi) is 21.5. The number of benzene rings is 3. The molecule has 75 heavy (non-hydrogen) atoms. The number of pyridine rings is 2. The number of fused-ring (bicyclic) bond motifs is 9. The Hall–Kier alpha value is -4.68. The van der Waals surface area contributed by atoms with Gasteiger partial charge in [0.1, 0.15) is 7.00 Å². The van der Waals surface area contributed by atoms with Crippen LogP contribution in [0.25, 0.3) is 44.1 Å². The zero-order chi connectivity index (χ0) is 51.9. The molecule has 2 heterocycles. The van der Waals surface area contributed by atoms with Crippen LogP contribution in [0, 0.1) is 37.8 Å². The topological polar surface area (TPSA) is 25.8 Å². The van der Waals surface area contributed by atoms with Crippen molar-refractivity contribution in [3.05, 3.63) is 199 Å². The minimum Gasteiger partial charge on any atom is -0.265 e. The largest absolute Gasteiger partial charge is 4.00 e. The van der Waals surface area contributed by atoms with Crippen molar-refractivity contribution >= 4 is 37.9 Å². The summed E-state index contributed by atoms with van der Waals surface area (Å²) in [5.74, 6) is 1.28. The zero-order valence-corrected chi connectivity index (χ0v) is 50.2. The maximum atomic E-state index is 4.90. The molecule has 2 aromatic heterocycles. The van der Waals surface area contributed by atoms with E-state index < -0.39 is 0 Å². The van der Waals surface area contributed by atoms with Crippen LogP contribution < -0.4 is 0 Å². The zero-order valence-electron chi connectivity index (χ0n) is 46.8. The van der Waals surface area contributed by atoms with Gasteiger partial charge in [0.05, 0.1) is 11.0 Å². The van der Waals surface area contributed by atoms with E-state index in [4.69, 9.17) is 9.97 Å². The number of hydrogen-bond acceptors (Lipinski definition) is 2. The fourth-order valence-corrected chi connectivity index (χ4v) is 13.4. The fraction of sp³-hybridized carbons (Fsp3) is 0.400. The number of allylic oxidation sites excluding steroid dienone is 8. The molecule has 0 saturated heterocycles. The quantitative estimate of drug-likeness (QED) is 0.0558. The van der Waals surface area contributed by atoms with E-state index in [1.165, 1.54) is 27.8 Å². The first kappa shape index (κ1) is 59.6. The Balaban J connectivity index is 0.000000240. The van der Waals surface area contributed by atoms with E-state index in [0.29, 0.717) is 17.8 Å². The summed E-state index contributed by atoms with van der Waals surface area (Å²) in [5.41, 5.74) is 31.3. The molecule has 393 valence electrons. The molecule has 0 amide bonds. The molecule has 1 radical (unpaired) electrons. The Labute approximate surface area is 471 Å².